The molecule has 0 saturated heterocycles. The Labute approximate surface area is 156 Å². The minimum Gasteiger partial charge on any atom is -0.491 e. The molecule has 0 aliphatic heterocycles. The van der Waals surface area contributed by atoms with Crippen molar-refractivity contribution in [2.24, 2.45) is 0 Å². The highest BCUT2D eigenvalue weighted by atomic mass is 32.2. The lowest BCUT2D eigenvalue weighted by Gasteiger charge is -2.09. The molecule has 0 aliphatic carbocycles. The molecule has 0 atom stereocenters. The van der Waals surface area contributed by atoms with Crippen LogP contribution in [0.3, 0.4) is 0 Å². The molecule has 142 valence electrons. The van der Waals surface area contributed by atoms with Gasteiger partial charge in [0.1, 0.15) is 0 Å². The van der Waals surface area contributed by atoms with Crippen molar-refractivity contribution in [3.8, 4) is 17.0 Å². The summed E-state index contributed by atoms with van der Waals surface area (Å²) in [6.07, 6.45) is 5.12. The van der Waals surface area contributed by atoms with Gasteiger partial charge in [-0.3, -0.25) is 9.67 Å². The minimum absolute atomic E-state index is 0.0247. The molecule has 1 N–H and O–H groups in total. The average Bonchev–Trinajstić information content (AvgIpc) is 3.13. The molecule has 9 heteroatoms. The number of aromatic nitrogens is 3. The lowest BCUT2D eigenvalue weighted by atomic mass is 10.2. The average molecular weight is 390 g/mol. The van der Waals surface area contributed by atoms with Gasteiger partial charge >= 0.3 is 0 Å². The van der Waals surface area contributed by atoms with Gasteiger partial charge in [0.15, 0.2) is 11.6 Å². The van der Waals surface area contributed by atoms with E-state index in [9.17, 15) is 12.8 Å². The van der Waals surface area contributed by atoms with E-state index in [-0.39, 0.29) is 17.2 Å². The first kappa shape index (κ1) is 19.0. The van der Waals surface area contributed by atoms with Crippen LogP contribution < -0.4 is 9.46 Å². The second kappa shape index (κ2) is 8.28. The number of nitrogens with zero attached hydrogens (tertiary/aromatic N) is 3. The van der Waals surface area contributed by atoms with E-state index >= 15 is 0 Å². The Bertz CT molecular complexity index is 1010. The first-order chi connectivity index (χ1) is 13.0. The van der Waals surface area contributed by atoms with Gasteiger partial charge in [0.05, 0.1) is 23.7 Å². The second-order valence-corrected chi connectivity index (χ2v) is 7.39. The summed E-state index contributed by atoms with van der Waals surface area (Å²) in [4.78, 5) is 3.81. The Kier molecular flexibility index (Phi) is 5.82. The zero-order chi connectivity index (χ0) is 19.3. The third kappa shape index (κ3) is 4.69. The second-order valence-electron chi connectivity index (χ2n) is 5.62. The molecule has 0 saturated carbocycles. The summed E-state index contributed by atoms with van der Waals surface area (Å²) in [6.45, 7) is 2.48. The van der Waals surface area contributed by atoms with Gasteiger partial charge in [0.2, 0.25) is 10.0 Å². The number of rotatable bonds is 8. The van der Waals surface area contributed by atoms with Crippen molar-refractivity contribution in [1.82, 2.24) is 19.5 Å². The van der Waals surface area contributed by atoms with E-state index in [0.29, 0.717) is 13.2 Å². The standard InChI is InChI=1S/C18H19FN4O3S/c1-2-26-18-4-3-15(13-16(18)19)27(24,25)21-10-12-23-11-7-17(22-23)14-5-8-20-9-6-14/h3-9,11,13,21H,2,10,12H2,1H3. The van der Waals surface area contributed by atoms with Crippen LogP contribution in [0.4, 0.5) is 4.39 Å². The van der Waals surface area contributed by atoms with Crippen LogP contribution in [0.25, 0.3) is 11.3 Å². The molecule has 0 radical (unpaired) electrons. The van der Waals surface area contributed by atoms with E-state index in [1.165, 1.54) is 12.1 Å². The monoisotopic (exact) mass is 390 g/mol. The van der Waals surface area contributed by atoms with E-state index in [1.807, 2.05) is 18.2 Å². The molecule has 0 fully saturated rings. The van der Waals surface area contributed by atoms with E-state index in [0.717, 1.165) is 17.3 Å². The summed E-state index contributed by atoms with van der Waals surface area (Å²) < 4.78 is 47.7. The molecular weight excluding hydrogens is 371 g/mol. The minimum atomic E-state index is -3.82. The molecule has 0 aliphatic rings. The lowest BCUT2D eigenvalue weighted by Crippen LogP contribution is -2.27. The van der Waals surface area contributed by atoms with Gasteiger partial charge in [-0.1, -0.05) is 0 Å². The lowest BCUT2D eigenvalue weighted by molar-refractivity contribution is 0.321. The molecule has 3 rings (SSSR count). The predicted molar refractivity (Wildman–Crippen MR) is 98.2 cm³/mol. The molecule has 1 aromatic carbocycles. The number of hydrogen-bond donors (Lipinski definition) is 1. The number of halogens is 1. The number of benzene rings is 1. The van der Waals surface area contributed by atoms with E-state index in [1.54, 1.807) is 30.2 Å². The SMILES string of the molecule is CCOc1ccc(S(=O)(=O)NCCn2ccc(-c3ccncc3)n2)cc1F. The van der Waals surface area contributed by atoms with Crippen molar-refractivity contribution in [3.05, 3.63) is 60.8 Å². The Balaban J connectivity index is 1.61. The zero-order valence-electron chi connectivity index (χ0n) is 14.7. The Morgan fingerprint density at radius 3 is 2.67 bits per heavy atom. The normalized spacial score (nSPS) is 11.5. The smallest absolute Gasteiger partial charge is 0.240 e. The van der Waals surface area contributed by atoms with Crippen LogP contribution >= 0.6 is 0 Å². The van der Waals surface area contributed by atoms with Crippen molar-refractivity contribution in [2.75, 3.05) is 13.2 Å². The molecule has 2 heterocycles. The molecule has 0 unspecified atom stereocenters. The molecule has 3 aromatic rings. The fourth-order valence-corrected chi connectivity index (χ4v) is 3.49. The Hall–Kier alpha value is -2.78. The van der Waals surface area contributed by atoms with Gasteiger partial charge in [-0.2, -0.15) is 5.10 Å². The zero-order valence-corrected chi connectivity index (χ0v) is 15.5. The number of hydrogen-bond acceptors (Lipinski definition) is 5. The first-order valence-corrected chi connectivity index (χ1v) is 9.84. The van der Waals surface area contributed by atoms with Crippen LogP contribution in [0.5, 0.6) is 5.75 Å². The van der Waals surface area contributed by atoms with Crippen molar-refractivity contribution < 1.29 is 17.5 Å². The fourth-order valence-electron chi connectivity index (χ4n) is 2.46. The first-order valence-electron chi connectivity index (χ1n) is 8.35. The third-order valence-electron chi connectivity index (χ3n) is 3.76. The van der Waals surface area contributed by atoms with E-state index in [4.69, 9.17) is 4.74 Å². The summed E-state index contributed by atoms with van der Waals surface area (Å²) >= 11 is 0. The molecule has 0 bridgehead atoms. The Morgan fingerprint density at radius 2 is 1.96 bits per heavy atom. The highest BCUT2D eigenvalue weighted by Crippen LogP contribution is 2.21. The summed E-state index contributed by atoms with van der Waals surface area (Å²) in [7, 11) is -3.82. The van der Waals surface area contributed by atoms with Crippen molar-refractivity contribution in [1.29, 1.82) is 0 Å². The van der Waals surface area contributed by atoms with Crippen LogP contribution in [-0.2, 0) is 16.6 Å². The molecular formula is C18H19FN4O3S. The molecule has 0 spiro atoms. The maximum atomic E-state index is 13.9. The van der Waals surface area contributed by atoms with Gasteiger partial charge in [-0.25, -0.2) is 17.5 Å². The van der Waals surface area contributed by atoms with Gasteiger partial charge in [0, 0.05) is 30.7 Å². The quantitative estimate of drug-likeness (QED) is 0.639. The molecule has 7 nitrogen and oxygen atoms in total. The maximum Gasteiger partial charge on any atom is 0.240 e. The molecule has 2 aromatic heterocycles. The van der Waals surface area contributed by atoms with Gasteiger partial charge in [-0.15, -0.1) is 0 Å². The van der Waals surface area contributed by atoms with Crippen LogP contribution in [0, 0.1) is 5.82 Å². The van der Waals surface area contributed by atoms with Crippen LogP contribution in [-0.4, -0.2) is 36.3 Å². The highest BCUT2D eigenvalue weighted by molar-refractivity contribution is 7.89. The van der Waals surface area contributed by atoms with Gasteiger partial charge in [-0.05, 0) is 43.3 Å². The summed E-state index contributed by atoms with van der Waals surface area (Å²) in [5, 5.41) is 4.40. The van der Waals surface area contributed by atoms with Crippen molar-refractivity contribution in [2.45, 2.75) is 18.4 Å². The van der Waals surface area contributed by atoms with Crippen LogP contribution in [0.2, 0.25) is 0 Å². The fraction of sp³-hybridized carbons (Fsp3) is 0.222. The number of sulfonamides is 1. The number of nitrogens with one attached hydrogen (secondary N) is 1. The Morgan fingerprint density at radius 1 is 1.19 bits per heavy atom. The van der Waals surface area contributed by atoms with Gasteiger partial charge in [0.25, 0.3) is 0 Å². The van der Waals surface area contributed by atoms with Crippen molar-refractivity contribution >= 4 is 10.0 Å². The third-order valence-corrected chi connectivity index (χ3v) is 5.22. The predicted octanol–water partition coefficient (Wildman–Crippen LogP) is 2.46. The summed E-state index contributed by atoms with van der Waals surface area (Å²) in [5.41, 5.74) is 1.70. The largest absolute Gasteiger partial charge is 0.491 e. The highest BCUT2D eigenvalue weighted by Gasteiger charge is 2.16. The van der Waals surface area contributed by atoms with Gasteiger partial charge < -0.3 is 4.74 Å². The topological polar surface area (TPSA) is 86.1 Å². The molecule has 0 amide bonds. The van der Waals surface area contributed by atoms with E-state index < -0.39 is 15.8 Å². The molecule has 27 heavy (non-hydrogen) atoms. The van der Waals surface area contributed by atoms with Crippen LogP contribution in [0.15, 0.2) is 59.9 Å². The van der Waals surface area contributed by atoms with Crippen LogP contribution in [0.1, 0.15) is 6.92 Å². The summed E-state index contributed by atoms with van der Waals surface area (Å²) in [6, 6.07) is 9.09. The number of pyridine rings is 1. The van der Waals surface area contributed by atoms with E-state index in [2.05, 4.69) is 14.8 Å². The van der Waals surface area contributed by atoms with Crippen molar-refractivity contribution in [3.63, 3.8) is 0 Å². The number of ether oxygens (including phenoxy) is 1. The summed E-state index contributed by atoms with van der Waals surface area (Å²) in [5.74, 6) is -0.689. The maximum absolute atomic E-state index is 13.9.